The van der Waals surface area contributed by atoms with E-state index in [2.05, 4.69) is 4.72 Å². The van der Waals surface area contributed by atoms with Gasteiger partial charge < -0.3 is 9.64 Å². The summed E-state index contributed by atoms with van der Waals surface area (Å²) in [6, 6.07) is 12.8. The number of anilines is 2. The number of hydrogen-bond donors (Lipinski definition) is 1. The molecule has 1 aliphatic carbocycles. The number of nitrogens with one attached hydrogen (secondary N) is 1. The largest absolute Gasteiger partial charge is 0.497 e. The fraction of sp³-hybridized carbons (Fsp3) is 0.381. The van der Waals surface area contributed by atoms with Crippen molar-refractivity contribution in [1.29, 1.82) is 0 Å². The molecule has 2 aromatic rings. The number of fused-ring (bicyclic) bond motifs is 1. The molecule has 0 spiro atoms. The number of amides is 1. The molecule has 1 heterocycles. The van der Waals surface area contributed by atoms with Crippen LogP contribution in [0.5, 0.6) is 5.75 Å². The van der Waals surface area contributed by atoms with Gasteiger partial charge in [0.25, 0.3) is 0 Å². The molecule has 1 amide bonds. The van der Waals surface area contributed by atoms with Crippen LogP contribution >= 0.6 is 0 Å². The third kappa shape index (κ3) is 4.14. The molecule has 28 heavy (non-hydrogen) atoms. The molecule has 0 unspecified atom stereocenters. The number of benzene rings is 2. The van der Waals surface area contributed by atoms with E-state index in [1.807, 2.05) is 35.2 Å². The van der Waals surface area contributed by atoms with Gasteiger partial charge in [0.2, 0.25) is 15.9 Å². The summed E-state index contributed by atoms with van der Waals surface area (Å²) >= 11 is 0. The van der Waals surface area contributed by atoms with Crippen LogP contribution in [0.3, 0.4) is 0 Å². The van der Waals surface area contributed by atoms with E-state index < -0.39 is 10.0 Å². The Morgan fingerprint density at radius 3 is 2.61 bits per heavy atom. The minimum absolute atomic E-state index is 0.0128. The summed E-state index contributed by atoms with van der Waals surface area (Å²) in [5.41, 5.74) is 3.37. The third-order valence-electron chi connectivity index (χ3n) is 5.27. The maximum absolute atomic E-state index is 12.5. The molecule has 7 heteroatoms. The Labute approximate surface area is 165 Å². The molecule has 4 rings (SSSR count). The molecule has 6 nitrogen and oxygen atoms in total. The summed E-state index contributed by atoms with van der Waals surface area (Å²) in [5.74, 6) is 1.04. The number of rotatable bonds is 7. The first-order valence-electron chi connectivity index (χ1n) is 9.53. The van der Waals surface area contributed by atoms with Crippen LogP contribution in [0.1, 0.15) is 24.0 Å². The van der Waals surface area contributed by atoms with E-state index in [1.54, 1.807) is 19.2 Å². The molecule has 0 aromatic heterocycles. The Balaban J connectivity index is 1.43. The fourth-order valence-electron chi connectivity index (χ4n) is 3.50. The van der Waals surface area contributed by atoms with Crippen LogP contribution in [0.4, 0.5) is 11.4 Å². The van der Waals surface area contributed by atoms with Gasteiger partial charge in [0.1, 0.15) is 5.75 Å². The molecule has 1 saturated carbocycles. The van der Waals surface area contributed by atoms with Gasteiger partial charge in [-0.3, -0.25) is 9.52 Å². The second-order valence-corrected chi connectivity index (χ2v) is 9.22. The van der Waals surface area contributed by atoms with Crippen molar-refractivity contribution in [1.82, 2.24) is 0 Å². The van der Waals surface area contributed by atoms with Crippen LogP contribution in [0.15, 0.2) is 42.5 Å². The van der Waals surface area contributed by atoms with Gasteiger partial charge in [0, 0.05) is 18.2 Å². The third-order valence-corrected chi connectivity index (χ3v) is 6.55. The Morgan fingerprint density at radius 2 is 1.93 bits per heavy atom. The first kappa shape index (κ1) is 18.8. The van der Waals surface area contributed by atoms with Crippen molar-refractivity contribution in [2.24, 2.45) is 5.92 Å². The van der Waals surface area contributed by atoms with E-state index >= 15 is 0 Å². The molecule has 0 bridgehead atoms. The molecule has 2 aromatic carbocycles. The van der Waals surface area contributed by atoms with Crippen molar-refractivity contribution in [3.05, 3.63) is 53.6 Å². The molecular formula is C21H24N2O4S. The van der Waals surface area contributed by atoms with Gasteiger partial charge in [-0.15, -0.1) is 0 Å². The number of carbonyl (C=O) groups excluding carboxylic acids is 1. The lowest BCUT2D eigenvalue weighted by Crippen LogP contribution is -2.30. The highest BCUT2D eigenvalue weighted by Gasteiger charge is 2.36. The zero-order valence-electron chi connectivity index (χ0n) is 15.8. The van der Waals surface area contributed by atoms with E-state index in [-0.39, 0.29) is 17.6 Å². The van der Waals surface area contributed by atoms with Gasteiger partial charge in [0.05, 0.1) is 18.6 Å². The molecule has 2 aliphatic rings. The van der Waals surface area contributed by atoms with Gasteiger partial charge in [-0.2, -0.15) is 0 Å². The van der Waals surface area contributed by atoms with E-state index in [9.17, 15) is 13.2 Å². The molecule has 1 N–H and O–H groups in total. The van der Waals surface area contributed by atoms with Gasteiger partial charge in [-0.1, -0.05) is 18.2 Å². The molecule has 1 fully saturated rings. The van der Waals surface area contributed by atoms with Crippen LogP contribution in [-0.4, -0.2) is 33.7 Å². The van der Waals surface area contributed by atoms with Crippen LogP contribution in [0.2, 0.25) is 0 Å². The number of hydrogen-bond acceptors (Lipinski definition) is 4. The zero-order chi connectivity index (χ0) is 19.7. The molecule has 0 radical (unpaired) electrons. The smallest absolute Gasteiger partial charge is 0.233 e. The SMILES string of the molecule is COc1ccc(CCS(=O)(=O)Nc2ccc3c(c2)N(C(=O)C2CC2)CC3)cc1. The quantitative estimate of drug-likeness (QED) is 0.775. The predicted octanol–water partition coefficient (Wildman–Crippen LogP) is 2.98. The topological polar surface area (TPSA) is 75.7 Å². The van der Waals surface area contributed by atoms with Gasteiger partial charge in [0.15, 0.2) is 0 Å². The van der Waals surface area contributed by atoms with Crippen LogP contribution in [0.25, 0.3) is 0 Å². The molecule has 0 saturated heterocycles. The summed E-state index contributed by atoms with van der Waals surface area (Å²) in [6.07, 6.45) is 3.15. The highest BCUT2D eigenvalue weighted by molar-refractivity contribution is 7.92. The number of sulfonamides is 1. The number of carbonyl (C=O) groups is 1. The average Bonchev–Trinajstić information content (AvgIpc) is 3.46. The second-order valence-electron chi connectivity index (χ2n) is 7.38. The summed E-state index contributed by atoms with van der Waals surface area (Å²) in [7, 11) is -1.90. The van der Waals surface area contributed by atoms with E-state index in [0.29, 0.717) is 18.7 Å². The Bertz CT molecular complexity index is 982. The van der Waals surface area contributed by atoms with Gasteiger partial charge in [-0.05, 0) is 61.1 Å². The highest BCUT2D eigenvalue weighted by atomic mass is 32.2. The Kier molecular flexibility index (Phi) is 5.02. The minimum Gasteiger partial charge on any atom is -0.497 e. The zero-order valence-corrected chi connectivity index (χ0v) is 16.7. The second kappa shape index (κ2) is 7.47. The number of nitrogens with zero attached hydrogens (tertiary/aromatic N) is 1. The molecule has 0 atom stereocenters. The van der Waals surface area contributed by atoms with E-state index in [0.717, 1.165) is 41.8 Å². The summed E-state index contributed by atoms with van der Waals surface area (Å²) in [6.45, 7) is 0.679. The van der Waals surface area contributed by atoms with Crippen molar-refractivity contribution in [2.45, 2.75) is 25.7 Å². The normalized spacial score (nSPS) is 16.0. The maximum Gasteiger partial charge on any atom is 0.233 e. The van der Waals surface area contributed by atoms with Crippen molar-refractivity contribution >= 4 is 27.3 Å². The standard InChI is InChI=1S/C21H24N2O4S/c1-27-19-8-2-15(3-9-19)11-13-28(25,26)22-18-7-6-16-10-12-23(20(16)14-18)21(24)17-4-5-17/h2-3,6-9,14,17,22H,4-5,10-13H2,1H3. The highest BCUT2D eigenvalue weighted by Crippen LogP contribution is 2.37. The Morgan fingerprint density at radius 1 is 1.18 bits per heavy atom. The summed E-state index contributed by atoms with van der Waals surface area (Å²) in [4.78, 5) is 14.3. The van der Waals surface area contributed by atoms with E-state index in [1.165, 1.54) is 0 Å². The van der Waals surface area contributed by atoms with Crippen LogP contribution in [-0.2, 0) is 27.7 Å². The Hall–Kier alpha value is -2.54. The fourth-order valence-corrected chi connectivity index (χ4v) is 4.59. The number of methoxy groups -OCH3 is 1. The monoisotopic (exact) mass is 400 g/mol. The molecular weight excluding hydrogens is 376 g/mol. The first-order valence-corrected chi connectivity index (χ1v) is 11.2. The van der Waals surface area contributed by atoms with Gasteiger partial charge in [-0.25, -0.2) is 8.42 Å². The van der Waals surface area contributed by atoms with Crippen molar-refractivity contribution in [2.75, 3.05) is 29.0 Å². The van der Waals surface area contributed by atoms with E-state index in [4.69, 9.17) is 4.74 Å². The molecule has 148 valence electrons. The first-order chi connectivity index (χ1) is 13.4. The van der Waals surface area contributed by atoms with Crippen LogP contribution in [0, 0.1) is 5.92 Å². The molecule has 1 aliphatic heterocycles. The minimum atomic E-state index is -3.49. The lowest BCUT2D eigenvalue weighted by molar-refractivity contribution is -0.119. The van der Waals surface area contributed by atoms with Gasteiger partial charge >= 0.3 is 0 Å². The maximum atomic E-state index is 12.5. The predicted molar refractivity (Wildman–Crippen MR) is 109 cm³/mol. The van der Waals surface area contributed by atoms with Crippen molar-refractivity contribution < 1.29 is 17.9 Å². The van der Waals surface area contributed by atoms with Crippen molar-refractivity contribution in [3.8, 4) is 5.75 Å². The number of ether oxygens (including phenoxy) is 1. The summed E-state index contributed by atoms with van der Waals surface area (Å²) in [5, 5.41) is 0. The summed E-state index contributed by atoms with van der Waals surface area (Å²) < 4.78 is 32.8. The van der Waals surface area contributed by atoms with Crippen LogP contribution < -0.4 is 14.4 Å². The average molecular weight is 401 g/mol. The lowest BCUT2D eigenvalue weighted by Gasteiger charge is -2.18. The van der Waals surface area contributed by atoms with Crippen molar-refractivity contribution in [3.63, 3.8) is 0 Å². The lowest BCUT2D eigenvalue weighted by atomic mass is 10.1. The number of aryl methyl sites for hydroxylation is 1.